The summed E-state index contributed by atoms with van der Waals surface area (Å²) >= 11 is 7.49. The minimum atomic E-state index is 0.794. The molecule has 0 bridgehead atoms. The van der Waals surface area contributed by atoms with Crippen molar-refractivity contribution in [1.82, 2.24) is 14.9 Å². The highest BCUT2D eigenvalue weighted by molar-refractivity contribution is 7.16. The predicted octanol–water partition coefficient (Wildman–Crippen LogP) is 3.30. The number of imidazole rings is 1. The van der Waals surface area contributed by atoms with Gasteiger partial charge in [0.25, 0.3) is 0 Å². The third-order valence-corrected chi connectivity index (χ3v) is 3.71. The van der Waals surface area contributed by atoms with Crippen molar-refractivity contribution in [3.05, 3.63) is 39.6 Å². The van der Waals surface area contributed by atoms with Crippen LogP contribution in [-0.4, -0.2) is 9.55 Å². The molecule has 0 aromatic carbocycles. The van der Waals surface area contributed by atoms with Gasteiger partial charge in [-0.3, -0.25) is 0 Å². The van der Waals surface area contributed by atoms with Gasteiger partial charge in [-0.1, -0.05) is 18.5 Å². The second kappa shape index (κ2) is 6.19. The SMILES string of the molecule is CCCn1ccnc1CNCc1ccc(Cl)s1. The fraction of sp³-hybridized carbons (Fsp3) is 0.417. The van der Waals surface area contributed by atoms with E-state index in [1.807, 2.05) is 18.5 Å². The van der Waals surface area contributed by atoms with Gasteiger partial charge in [-0.2, -0.15) is 0 Å². The molecular formula is C12H16ClN3S. The summed E-state index contributed by atoms with van der Waals surface area (Å²) in [5, 5.41) is 3.38. The maximum absolute atomic E-state index is 5.88. The standard InChI is InChI=1S/C12H16ClN3S/c1-2-6-16-7-5-15-12(16)9-14-8-10-3-4-11(13)17-10/h3-5,7,14H,2,6,8-9H2,1H3. The zero-order valence-electron chi connectivity index (χ0n) is 9.82. The van der Waals surface area contributed by atoms with E-state index in [9.17, 15) is 0 Å². The number of rotatable bonds is 6. The molecule has 0 aliphatic heterocycles. The zero-order chi connectivity index (χ0) is 12.1. The molecule has 0 unspecified atom stereocenters. The van der Waals surface area contributed by atoms with Gasteiger partial charge in [0.1, 0.15) is 5.82 Å². The molecule has 0 saturated heterocycles. The van der Waals surface area contributed by atoms with Crippen molar-refractivity contribution in [3.8, 4) is 0 Å². The lowest BCUT2D eigenvalue weighted by molar-refractivity contribution is 0.590. The average molecular weight is 270 g/mol. The number of aromatic nitrogens is 2. The minimum Gasteiger partial charge on any atom is -0.334 e. The minimum absolute atomic E-state index is 0.794. The van der Waals surface area contributed by atoms with Gasteiger partial charge in [0.2, 0.25) is 0 Å². The Morgan fingerprint density at radius 3 is 3.00 bits per heavy atom. The van der Waals surface area contributed by atoms with Crippen LogP contribution in [0.3, 0.4) is 0 Å². The van der Waals surface area contributed by atoms with Crippen molar-refractivity contribution in [2.24, 2.45) is 0 Å². The first-order valence-corrected chi connectivity index (χ1v) is 6.94. The number of thiophene rings is 1. The topological polar surface area (TPSA) is 29.9 Å². The summed E-state index contributed by atoms with van der Waals surface area (Å²) in [6.07, 6.45) is 5.01. The van der Waals surface area contributed by atoms with Crippen LogP contribution in [0.25, 0.3) is 0 Å². The molecule has 0 atom stereocenters. The molecule has 2 aromatic heterocycles. The Bertz CT molecular complexity index is 464. The largest absolute Gasteiger partial charge is 0.334 e. The van der Waals surface area contributed by atoms with Crippen LogP contribution in [-0.2, 0) is 19.6 Å². The van der Waals surface area contributed by atoms with Crippen LogP contribution in [0.1, 0.15) is 24.0 Å². The highest BCUT2D eigenvalue weighted by Crippen LogP contribution is 2.21. The molecule has 0 spiro atoms. The van der Waals surface area contributed by atoms with E-state index in [-0.39, 0.29) is 0 Å². The number of hydrogen-bond donors (Lipinski definition) is 1. The quantitative estimate of drug-likeness (QED) is 0.872. The second-order valence-corrected chi connectivity index (χ2v) is 5.65. The van der Waals surface area contributed by atoms with E-state index in [0.29, 0.717) is 0 Å². The number of hydrogen-bond acceptors (Lipinski definition) is 3. The number of nitrogens with one attached hydrogen (secondary N) is 1. The van der Waals surface area contributed by atoms with Crippen molar-refractivity contribution in [2.45, 2.75) is 33.0 Å². The highest BCUT2D eigenvalue weighted by Gasteiger charge is 2.02. The molecule has 0 saturated carbocycles. The Morgan fingerprint density at radius 1 is 1.41 bits per heavy atom. The molecular weight excluding hydrogens is 254 g/mol. The normalized spacial score (nSPS) is 10.9. The van der Waals surface area contributed by atoms with Crippen molar-refractivity contribution < 1.29 is 0 Å². The lowest BCUT2D eigenvalue weighted by Gasteiger charge is -2.06. The van der Waals surface area contributed by atoms with Crippen LogP contribution in [0, 0.1) is 0 Å². The number of aryl methyl sites for hydroxylation is 1. The van der Waals surface area contributed by atoms with E-state index in [0.717, 1.165) is 36.2 Å². The summed E-state index contributed by atoms with van der Waals surface area (Å²) in [6.45, 7) is 4.84. The Labute approximate surface area is 110 Å². The first kappa shape index (κ1) is 12.6. The van der Waals surface area contributed by atoms with E-state index in [1.165, 1.54) is 4.88 Å². The molecule has 0 aliphatic rings. The molecule has 0 fully saturated rings. The first-order valence-electron chi connectivity index (χ1n) is 5.74. The van der Waals surface area contributed by atoms with Crippen molar-refractivity contribution in [3.63, 3.8) is 0 Å². The van der Waals surface area contributed by atoms with Crippen LogP contribution >= 0.6 is 22.9 Å². The van der Waals surface area contributed by atoms with Gasteiger partial charge >= 0.3 is 0 Å². The van der Waals surface area contributed by atoms with Crippen LogP contribution in [0.15, 0.2) is 24.5 Å². The van der Waals surface area contributed by atoms with Gasteiger partial charge in [-0.25, -0.2) is 4.98 Å². The van der Waals surface area contributed by atoms with Gasteiger partial charge in [0.05, 0.1) is 10.9 Å². The van der Waals surface area contributed by atoms with E-state index in [2.05, 4.69) is 27.9 Å². The third kappa shape index (κ3) is 3.56. The smallest absolute Gasteiger partial charge is 0.122 e. The van der Waals surface area contributed by atoms with Gasteiger partial charge in [-0.05, 0) is 18.6 Å². The summed E-state index contributed by atoms with van der Waals surface area (Å²) in [6, 6.07) is 3.99. The summed E-state index contributed by atoms with van der Waals surface area (Å²) in [5.74, 6) is 1.09. The second-order valence-electron chi connectivity index (χ2n) is 3.85. The number of nitrogens with zero attached hydrogens (tertiary/aromatic N) is 2. The summed E-state index contributed by atoms with van der Waals surface area (Å²) in [5.41, 5.74) is 0. The molecule has 3 nitrogen and oxygen atoms in total. The molecule has 2 heterocycles. The summed E-state index contributed by atoms with van der Waals surface area (Å²) < 4.78 is 3.03. The molecule has 17 heavy (non-hydrogen) atoms. The Hall–Kier alpha value is -0.840. The van der Waals surface area contributed by atoms with Gasteiger partial charge in [0, 0.05) is 30.4 Å². The molecule has 92 valence electrons. The maximum atomic E-state index is 5.88. The zero-order valence-corrected chi connectivity index (χ0v) is 11.4. The van der Waals surface area contributed by atoms with Gasteiger partial charge in [0.15, 0.2) is 0 Å². The fourth-order valence-corrected chi connectivity index (χ4v) is 2.75. The van der Waals surface area contributed by atoms with Crippen LogP contribution in [0.2, 0.25) is 4.34 Å². The Kier molecular flexibility index (Phi) is 4.59. The maximum Gasteiger partial charge on any atom is 0.122 e. The van der Waals surface area contributed by atoms with Gasteiger partial charge < -0.3 is 9.88 Å². The van der Waals surface area contributed by atoms with E-state index in [1.54, 1.807) is 11.3 Å². The predicted molar refractivity (Wildman–Crippen MR) is 72.4 cm³/mol. The van der Waals surface area contributed by atoms with Gasteiger partial charge in [-0.15, -0.1) is 11.3 Å². The monoisotopic (exact) mass is 269 g/mol. The third-order valence-electron chi connectivity index (χ3n) is 2.48. The van der Waals surface area contributed by atoms with Crippen LogP contribution in [0.4, 0.5) is 0 Å². The molecule has 0 amide bonds. The molecule has 1 N–H and O–H groups in total. The number of halogens is 1. The van der Waals surface area contributed by atoms with E-state index >= 15 is 0 Å². The average Bonchev–Trinajstić information content (AvgIpc) is 2.90. The van der Waals surface area contributed by atoms with Crippen molar-refractivity contribution >= 4 is 22.9 Å². The molecule has 2 rings (SSSR count). The van der Waals surface area contributed by atoms with Crippen molar-refractivity contribution in [2.75, 3.05) is 0 Å². The van der Waals surface area contributed by atoms with Crippen LogP contribution in [0.5, 0.6) is 0 Å². The van der Waals surface area contributed by atoms with Crippen LogP contribution < -0.4 is 5.32 Å². The van der Waals surface area contributed by atoms with Crippen molar-refractivity contribution in [1.29, 1.82) is 0 Å². The molecule has 5 heteroatoms. The van der Waals surface area contributed by atoms with E-state index in [4.69, 9.17) is 11.6 Å². The van der Waals surface area contributed by atoms with E-state index < -0.39 is 0 Å². The first-order chi connectivity index (χ1) is 8.29. The molecule has 2 aromatic rings. The Morgan fingerprint density at radius 2 is 2.29 bits per heavy atom. The highest BCUT2D eigenvalue weighted by atomic mass is 35.5. The summed E-state index contributed by atoms with van der Waals surface area (Å²) in [4.78, 5) is 5.60. The lowest BCUT2D eigenvalue weighted by Crippen LogP contribution is -2.16. The fourth-order valence-electron chi connectivity index (χ4n) is 1.70. The summed E-state index contributed by atoms with van der Waals surface area (Å²) in [7, 11) is 0. The molecule has 0 radical (unpaired) electrons. The lowest BCUT2D eigenvalue weighted by atomic mass is 10.4. The Balaban J connectivity index is 1.83. The molecule has 0 aliphatic carbocycles.